The van der Waals surface area contributed by atoms with Crippen molar-refractivity contribution in [3.63, 3.8) is 0 Å². The molecule has 1 fully saturated rings. The molecule has 5 nitrogen and oxygen atoms in total. The quantitative estimate of drug-likeness (QED) is 0.847. The van der Waals surface area contributed by atoms with Gasteiger partial charge in [-0.25, -0.2) is 0 Å². The van der Waals surface area contributed by atoms with Crippen molar-refractivity contribution in [2.45, 2.75) is 38.6 Å². The molecule has 2 N–H and O–H groups in total. The Labute approximate surface area is 120 Å². The number of halogens is 1. The highest BCUT2D eigenvalue weighted by Gasteiger charge is 2.28. The second kappa shape index (κ2) is 5.51. The molecule has 0 spiro atoms. The third-order valence-electron chi connectivity index (χ3n) is 3.38. The molecule has 2 rings (SSSR count). The van der Waals surface area contributed by atoms with Crippen LogP contribution >= 0.6 is 12.4 Å². The Morgan fingerprint density at radius 2 is 2.11 bits per heavy atom. The molecule has 0 saturated carbocycles. The lowest BCUT2D eigenvalue weighted by molar-refractivity contribution is 0.0780. The fourth-order valence-electron chi connectivity index (χ4n) is 2.17. The van der Waals surface area contributed by atoms with Gasteiger partial charge in [-0.15, -0.1) is 12.4 Å². The number of aryl methyl sites for hydroxylation is 1. The second-order valence-corrected chi connectivity index (χ2v) is 6.09. The predicted molar refractivity (Wildman–Crippen MR) is 77.7 cm³/mol. The summed E-state index contributed by atoms with van der Waals surface area (Å²) in [6.45, 7) is 7.67. The summed E-state index contributed by atoms with van der Waals surface area (Å²) in [5, 5.41) is 4.43. The summed E-state index contributed by atoms with van der Waals surface area (Å²) in [5.41, 5.74) is 7.38. The van der Waals surface area contributed by atoms with Gasteiger partial charge in [0.25, 0.3) is 5.91 Å². The van der Waals surface area contributed by atoms with Gasteiger partial charge in [-0.1, -0.05) is 20.8 Å². The van der Waals surface area contributed by atoms with Crippen LogP contribution in [0.1, 0.15) is 43.4 Å². The Bertz CT molecular complexity index is 464. The van der Waals surface area contributed by atoms with Gasteiger partial charge in [0.1, 0.15) is 5.69 Å². The molecule has 0 bridgehead atoms. The molecule has 0 aromatic carbocycles. The van der Waals surface area contributed by atoms with Gasteiger partial charge in [0, 0.05) is 31.6 Å². The smallest absolute Gasteiger partial charge is 0.272 e. The number of nitrogens with zero attached hydrogens (tertiary/aromatic N) is 3. The highest BCUT2D eigenvalue weighted by molar-refractivity contribution is 5.93. The summed E-state index contributed by atoms with van der Waals surface area (Å²) >= 11 is 0. The molecule has 1 aromatic rings. The molecule has 1 aromatic heterocycles. The maximum atomic E-state index is 12.4. The van der Waals surface area contributed by atoms with E-state index in [1.54, 1.807) is 4.68 Å². The van der Waals surface area contributed by atoms with Gasteiger partial charge in [-0.3, -0.25) is 9.48 Å². The average Bonchev–Trinajstić information content (AvgIpc) is 2.83. The zero-order chi connectivity index (χ0) is 13.5. The van der Waals surface area contributed by atoms with Gasteiger partial charge in [0.2, 0.25) is 0 Å². The number of carbonyl (C=O) groups excluding carboxylic acids is 1. The van der Waals surface area contributed by atoms with E-state index in [4.69, 9.17) is 5.73 Å². The molecular formula is C13H23ClN4O. The first kappa shape index (κ1) is 16.0. The fraction of sp³-hybridized carbons (Fsp3) is 0.692. The number of amides is 1. The minimum atomic E-state index is -0.0439. The lowest BCUT2D eigenvalue weighted by Crippen LogP contribution is -2.33. The van der Waals surface area contributed by atoms with Crippen molar-refractivity contribution in [2.24, 2.45) is 12.8 Å². The Kier molecular flexibility index (Phi) is 4.63. The molecule has 1 atom stereocenters. The van der Waals surface area contributed by atoms with E-state index in [9.17, 15) is 4.79 Å². The summed E-state index contributed by atoms with van der Waals surface area (Å²) in [5.74, 6) is 0.0356. The van der Waals surface area contributed by atoms with Crippen LogP contribution in [0.25, 0.3) is 0 Å². The summed E-state index contributed by atoms with van der Waals surface area (Å²) in [7, 11) is 1.82. The highest BCUT2D eigenvalue weighted by atomic mass is 35.5. The average molecular weight is 287 g/mol. The van der Waals surface area contributed by atoms with Crippen LogP contribution in [0, 0.1) is 0 Å². The number of aromatic nitrogens is 2. The van der Waals surface area contributed by atoms with Crippen molar-refractivity contribution < 1.29 is 4.79 Å². The monoisotopic (exact) mass is 286 g/mol. The van der Waals surface area contributed by atoms with Gasteiger partial charge in [-0.2, -0.15) is 5.10 Å². The van der Waals surface area contributed by atoms with Crippen molar-refractivity contribution in [2.75, 3.05) is 13.1 Å². The Morgan fingerprint density at radius 3 is 2.53 bits per heavy atom. The maximum Gasteiger partial charge on any atom is 0.272 e. The van der Waals surface area contributed by atoms with Crippen LogP contribution in [0.2, 0.25) is 0 Å². The lowest BCUT2D eigenvalue weighted by atomic mass is 9.92. The summed E-state index contributed by atoms with van der Waals surface area (Å²) in [4.78, 5) is 14.2. The molecule has 2 heterocycles. The van der Waals surface area contributed by atoms with Gasteiger partial charge >= 0.3 is 0 Å². The highest BCUT2D eigenvalue weighted by Crippen LogP contribution is 2.22. The SMILES string of the molecule is Cl.Cn1nc(C(C)(C)C)cc1C(=O)N1CC[C@@H](N)C1. The number of rotatable bonds is 1. The van der Waals surface area contributed by atoms with E-state index in [2.05, 4.69) is 25.9 Å². The molecule has 19 heavy (non-hydrogen) atoms. The zero-order valence-corrected chi connectivity index (χ0v) is 12.8. The standard InChI is InChI=1S/C13H22N4O.ClH/c1-13(2,3)11-7-10(16(4)15-11)12(18)17-6-5-9(14)8-17;/h7,9H,5-6,8,14H2,1-4H3;1H/t9-;/m1./s1. The van der Waals surface area contributed by atoms with Crippen LogP contribution in [-0.2, 0) is 12.5 Å². The Morgan fingerprint density at radius 1 is 1.47 bits per heavy atom. The van der Waals surface area contributed by atoms with E-state index < -0.39 is 0 Å². The zero-order valence-electron chi connectivity index (χ0n) is 12.0. The lowest BCUT2D eigenvalue weighted by Gasteiger charge is -2.15. The van der Waals surface area contributed by atoms with Crippen LogP contribution < -0.4 is 5.73 Å². The van der Waals surface area contributed by atoms with Crippen molar-refractivity contribution in [1.29, 1.82) is 0 Å². The van der Waals surface area contributed by atoms with Crippen molar-refractivity contribution in [3.05, 3.63) is 17.5 Å². The van der Waals surface area contributed by atoms with Crippen molar-refractivity contribution >= 4 is 18.3 Å². The van der Waals surface area contributed by atoms with Gasteiger partial charge in [0.05, 0.1) is 5.69 Å². The first-order valence-electron chi connectivity index (χ1n) is 6.38. The molecule has 1 amide bonds. The van der Waals surface area contributed by atoms with Crippen LogP contribution in [-0.4, -0.2) is 39.7 Å². The number of likely N-dealkylation sites (tertiary alicyclic amines) is 1. The number of carbonyl (C=O) groups is 1. The second-order valence-electron chi connectivity index (χ2n) is 6.09. The summed E-state index contributed by atoms with van der Waals surface area (Å²) < 4.78 is 1.67. The molecule has 1 aliphatic rings. The summed E-state index contributed by atoms with van der Waals surface area (Å²) in [6, 6.07) is 2.01. The molecule has 108 valence electrons. The maximum absolute atomic E-state index is 12.4. The molecule has 0 aliphatic carbocycles. The van der Waals surface area contributed by atoms with E-state index in [-0.39, 0.29) is 29.8 Å². The molecule has 1 saturated heterocycles. The van der Waals surface area contributed by atoms with Crippen LogP contribution in [0.3, 0.4) is 0 Å². The van der Waals surface area contributed by atoms with Gasteiger partial charge in [0.15, 0.2) is 0 Å². The van der Waals surface area contributed by atoms with Gasteiger partial charge in [-0.05, 0) is 12.5 Å². The summed E-state index contributed by atoms with van der Waals surface area (Å²) in [6.07, 6.45) is 0.885. The third-order valence-corrected chi connectivity index (χ3v) is 3.38. The fourth-order valence-corrected chi connectivity index (χ4v) is 2.17. The van der Waals surface area contributed by atoms with E-state index >= 15 is 0 Å². The molecule has 0 unspecified atom stereocenters. The molecule has 1 aliphatic heterocycles. The molecular weight excluding hydrogens is 264 g/mol. The van der Waals surface area contributed by atoms with Crippen molar-refractivity contribution in [3.8, 4) is 0 Å². The number of nitrogens with two attached hydrogens (primary N) is 1. The Hall–Kier alpha value is -1.07. The minimum absolute atomic E-state index is 0. The normalized spacial score (nSPS) is 19.4. The predicted octanol–water partition coefficient (Wildman–Crippen LogP) is 1.31. The van der Waals surface area contributed by atoms with Crippen LogP contribution in [0.5, 0.6) is 0 Å². The first-order valence-corrected chi connectivity index (χ1v) is 6.38. The Balaban J connectivity index is 0.00000180. The topological polar surface area (TPSA) is 64.2 Å². The van der Waals surface area contributed by atoms with Crippen molar-refractivity contribution in [1.82, 2.24) is 14.7 Å². The first-order chi connectivity index (χ1) is 8.29. The number of hydrogen-bond donors (Lipinski definition) is 1. The van der Waals surface area contributed by atoms with Crippen LogP contribution in [0.4, 0.5) is 0 Å². The van der Waals surface area contributed by atoms with E-state index in [0.29, 0.717) is 12.2 Å². The molecule has 0 radical (unpaired) electrons. The molecule has 6 heteroatoms. The van der Waals surface area contributed by atoms with E-state index in [0.717, 1.165) is 18.7 Å². The largest absolute Gasteiger partial charge is 0.336 e. The minimum Gasteiger partial charge on any atom is -0.336 e. The van der Waals surface area contributed by atoms with E-state index in [1.807, 2.05) is 18.0 Å². The third kappa shape index (κ3) is 3.28. The van der Waals surface area contributed by atoms with Gasteiger partial charge < -0.3 is 10.6 Å². The van der Waals surface area contributed by atoms with E-state index in [1.165, 1.54) is 0 Å². The number of hydrogen-bond acceptors (Lipinski definition) is 3. The van der Waals surface area contributed by atoms with Crippen LogP contribution in [0.15, 0.2) is 6.07 Å².